The van der Waals surface area contributed by atoms with Gasteiger partial charge in [0.15, 0.2) is 0 Å². The van der Waals surface area contributed by atoms with Gasteiger partial charge in [-0.2, -0.15) is 0 Å². The molecule has 0 aliphatic carbocycles. The van der Waals surface area contributed by atoms with Crippen molar-refractivity contribution in [1.29, 1.82) is 0 Å². The van der Waals surface area contributed by atoms with E-state index in [-0.39, 0.29) is 11.5 Å². The van der Waals surface area contributed by atoms with E-state index < -0.39 is 5.91 Å². The van der Waals surface area contributed by atoms with Gasteiger partial charge in [0, 0.05) is 54.7 Å². The van der Waals surface area contributed by atoms with Crippen molar-refractivity contribution >= 4 is 29.1 Å². The molecule has 0 unspecified atom stereocenters. The number of hydrogen-bond donors (Lipinski definition) is 2. The van der Waals surface area contributed by atoms with Gasteiger partial charge in [-0.3, -0.25) is 9.36 Å². The number of primary amides is 1. The maximum Gasteiger partial charge on any atom is 0.250 e. The Morgan fingerprint density at radius 1 is 1.07 bits per heavy atom. The topological polar surface area (TPSA) is 116 Å². The van der Waals surface area contributed by atoms with Crippen LogP contribution in [-0.2, 0) is 0 Å². The van der Waals surface area contributed by atoms with Crippen molar-refractivity contribution < 1.29 is 9.53 Å². The lowest BCUT2D eigenvalue weighted by molar-refractivity contribution is 0.100. The molecule has 4 N–H and O–H groups in total. The monoisotopic (exact) mass is 555 g/mol. The van der Waals surface area contributed by atoms with E-state index in [1.54, 1.807) is 42.1 Å². The SMILES string of the molecule is COc1ccc(N2CCN(C)CC2)cc1C#Cn1c(-c2ccnc(N)n2)cc(C(N)=O)c1-c1cc(Cl)ccc1C. The number of nitrogens with zero attached hydrogens (tertiary/aromatic N) is 5. The number of nitrogens with two attached hydrogens (primary N) is 2. The lowest BCUT2D eigenvalue weighted by atomic mass is 10.0. The zero-order chi connectivity index (χ0) is 28.4. The van der Waals surface area contributed by atoms with Crippen LogP contribution in [0, 0.1) is 18.9 Å². The van der Waals surface area contributed by atoms with Crippen LogP contribution in [0.5, 0.6) is 5.75 Å². The molecule has 3 heterocycles. The maximum atomic E-state index is 12.7. The van der Waals surface area contributed by atoms with Gasteiger partial charge in [0.05, 0.1) is 35.3 Å². The van der Waals surface area contributed by atoms with E-state index in [9.17, 15) is 4.79 Å². The summed E-state index contributed by atoms with van der Waals surface area (Å²) in [6, 6.07) is 18.1. The molecule has 0 spiro atoms. The third kappa shape index (κ3) is 5.45. The van der Waals surface area contributed by atoms with E-state index in [1.165, 1.54) is 0 Å². The first kappa shape index (κ1) is 27.1. The van der Waals surface area contributed by atoms with Gasteiger partial charge in [-0.25, -0.2) is 9.97 Å². The van der Waals surface area contributed by atoms with Gasteiger partial charge in [-0.15, -0.1) is 0 Å². The first-order valence-corrected chi connectivity index (χ1v) is 13.2. The standard InChI is InChI=1S/C30H30ClN7O2/c1-19-4-5-21(31)17-23(19)28-24(29(32)39)18-26(25-8-10-34-30(33)35-25)38(28)11-9-20-16-22(6-7-27(20)40-3)37-14-12-36(2)13-15-37/h4-8,10,16-18H,12-15H2,1-3H3,(H2,32,39)(H2,33,34,35). The van der Waals surface area contributed by atoms with E-state index in [0.29, 0.717) is 33.4 Å². The molecule has 0 atom stereocenters. The summed E-state index contributed by atoms with van der Waals surface area (Å²) in [5.74, 6) is 3.42. The Balaban J connectivity index is 1.72. The molecule has 4 aromatic rings. The Kier molecular flexibility index (Phi) is 7.65. The summed E-state index contributed by atoms with van der Waals surface area (Å²) in [4.78, 5) is 25.8. The van der Waals surface area contributed by atoms with Crippen LogP contribution in [0.1, 0.15) is 21.5 Å². The number of nitrogen functional groups attached to an aromatic ring is 1. The zero-order valence-electron chi connectivity index (χ0n) is 22.6. The Morgan fingerprint density at radius 2 is 1.85 bits per heavy atom. The number of anilines is 2. The van der Waals surface area contributed by atoms with Gasteiger partial charge >= 0.3 is 0 Å². The predicted molar refractivity (Wildman–Crippen MR) is 159 cm³/mol. The van der Waals surface area contributed by atoms with Gasteiger partial charge < -0.3 is 26.0 Å². The molecule has 1 aliphatic rings. The molecular formula is C30H30ClN7O2. The van der Waals surface area contributed by atoms with E-state index >= 15 is 0 Å². The number of aryl methyl sites for hydroxylation is 1. The Hall–Kier alpha value is -4.52. The number of hydrogen-bond acceptors (Lipinski definition) is 7. The summed E-state index contributed by atoms with van der Waals surface area (Å²) in [6.45, 7) is 5.76. The Morgan fingerprint density at radius 3 is 2.55 bits per heavy atom. The molecule has 1 amide bonds. The first-order valence-electron chi connectivity index (χ1n) is 12.8. The van der Waals surface area contributed by atoms with Crippen LogP contribution in [0.2, 0.25) is 5.02 Å². The molecule has 0 radical (unpaired) electrons. The van der Waals surface area contributed by atoms with Crippen LogP contribution in [0.4, 0.5) is 11.6 Å². The number of methoxy groups -OCH3 is 1. The average molecular weight is 556 g/mol. The van der Waals surface area contributed by atoms with Crippen molar-refractivity contribution in [2.75, 3.05) is 51.0 Å². The van der Waals surface area contributed by atoms with Crippen molar-refractivity contribution in [2.45, 2.75) is 6.92 Å². The normalized spacial score (nSPS) is 13.6. The highest BCUT2D eigenvalue weighted by Crippen LogP contribution is 2.35. The van der Waals surface area contributed by atoms with E-state index in [4.69, 9.17) is 27.8 Å². The lowest BCUT2D eigenvalue weighted by Crippen LogP contribution is -2.44. The molecule has 204 valence electrons. The summed E-state index contributed by atoms with van der Waals surface area (Å²) in [5, 5.41) is 0.520. The van der Waals surface area contributed by atoms with Crippen LogP contribution in [0.25, 0.3) is 22.6 Å². The summed E-state index contributed by atoms with van der Waals surface area (Å²) in [5.41, 5.74) is 17.0. The van der Waals surface area contributed by atoms with Crippen LogP contribution >= 0.6 is 11.6 Å². The lowest BCUT2D eigenvalue weighted by Gasteiger charge is -2.34. The molecule has 2 aromatic heterocycles. The Labute approximate surface area is 238 Å². The van der Waals surface area contributed by atoms with Crippen molar-refractivity contribution in [1.82, 2.24) is 19.4 Å². The van der Waals surface area contributed by atoms with Gasteiger partial charge in [-0.05, 0) is 67.9 Å². The number of rotatable bonds is 5. The van der Waals surface area contributed by atoms with Gasteiger partial charge in [0.1, 0.15) is 5.75 Å². The number of amides is 1. The summed E-state index contributed by atoms with van der Waals surface area (Å²) < 4.78 is 7.36. The second-order valence-corrected chi connectivity index (χ2v) is 10.1. The van der Waals surface area contributed by atoms with Crippen molar-refractivity contribution in [3.05, 3.63) is 76.4 Å². The fourth-order valence-electron chi connectivity index (χ4n) is 4.81. The average Bonchev–Trinajstić information content (AvgIpc) is 3.33. The molecular weight excluding hydrogens is 526 g/mol. The molecule has 2 aromatic carbocycles. The molecule has 5 rings (SSSR count). The first-order chi connectivity index (χ1) is 19.2. The zero-order valence-corrected chi connectivity index (χ0v) is 23.4. The highest BCUT2D eigenvalue weighted by atomic mass is 35.5. The third-order valence-corrected chi connectivity index (χ3v) is 7.25. The van der Waals surface area contributed by atoms with E-state index in [0.717, 1.165) is 43.0 Å². The van der Waals surface area contributed by atoms with Crippen LogP contribution < -0.4 is 21.1 Å². The minimum absolute atomic E-state index is 0.0980. The predicted octanol–water partition coefficient (Wildman–Crippen LogP) is 3.87. The molecule has 0 saturated carbocycles. The fraction of sp³-hybridized carbons (Fsp3) is 0.233. The van der Waals surface area contributed by atoms with Crippen molar-refractivity contribution in [2.24, 2.45) is 5.73 Å². The number of carbonyl (C=O) groups is 1. The van der Waals surface area contributed by atoms with Crippen LogP contribution in [0.15, 0.2) is 54.7 Å². The van der Waals surface area contributed by atoms with Gasteiger partial charge in [0.2, 0.25) is 5.95 Å². The minimum atomic E-state index is -0.604. The number of benzene rings is 2. The smallest absolute Gasteiger partial charge is 0.250 e. The number of aromatic nitrogens is 3. The summed E-state index contributed by atoms with van der Waals surface area (Å²) >= 11 is 6.39. The molecule has 1 aliphatic heterocycles. The third-order valence-electron chi connectivity index (χ3n) is 7.01. The largest absolute Gasteiger partial charge is 0.495 e. The molecule has 9 nitrogen and oxygen atoms in total. The maximum absolute atomic E-state index is 12.7. The van der Waals surface area contributed by atoms with Crippen molar-refractivity contribution in [3.8, 4) is 40.4 Å². The van der Waals surface area contributed by atoms with Crippen molar-refractivity contribution in [3.63, 3.8) is 0 Å². The van der Waals surface area contributed by atoms with E-state index in [2.05, 4.69) is 38.8 Å². The number of piperazine rings is 1. The number of halogens is 1. The fourth-order valence-corrected chi connectivity index (χ4v) is 4.98. The number of likely N-dealkylation sites (N-methyl/N-ethyl adjacent to an activating group) is 1. The number of carbonyl (C=O) groups excluding carboxylic acids is 1. The summed E-state index contributed by atoms with van der Waals surface area (Å²) in [6.07, 6.45) is 1.55. The van der Waals surface area contributed by atoms with E-state index in [1.807, 2.05) is 31.2 Å². The second-order valence-electron chi connectivity index (χ2n) is 9.66. The highest BCUT2D eigenvalue weighted by molar-refractivity contribution is 6.31. The minimum Gasteiger partial charge on any atom is -0.495 e. The summed E-state index contributed by atoms with van der Waals surface area (Å²) in [7, 11) is 3.74. The number of ether oxygens (including phenoxy) is 1. The van der Waals surface area contributed by atoms with Gasteiger partial charge in [0.25, 0.3) is 5.91 Å². The Bertz CT molecular complexity index is 1650. The molecule has 0 bridgehead atoms. The molecule has 1 saturated heterocycles. The van der Waals surface area contributed by atoms with Crippen LogP contribution in [0.3, 0.4) is 0 Å². The molecule has 40 heavy (non-hydrogen) atoms. The molecule has 10 heteroatoms. The van der Waals surface area contributed by atoms with Gasteiger partial charge in [-0.1, -0.05) is 17.7 Å². The van der Waals surface area contributed by atoms with Crippen LogP contribution in [-0.4, -0.2) is 65.7 Å². The molecule has 1 fully saturated rings. The highest BCUT2D eigenvalue weighted by Gasteiger charge is 2.23. The second kappa shape index (κ2) is 11.3. The quantitative estimate of drug-likeness (QED) is 0.359.